The third kappa shape index (κ3) is 3.88. The van der Waals surface area contributed by atoms with Crippen molar-refractivity contribution in [2.75, 3.05) is 0 Å². The van der Waals surface area contributed by atoms with Crippen LogP contribution < -0.4 is 0 Å². The first-order valence-corrected chi connectivity index (χ1v) is 6.09. The smallest absolute Gasteiger partial charge is 0.304 e. The highest BCUT2D eigenvalue weighted by atomic mass is 32.2. The average molecular weight is 218 g/mol. The lowest BCUT2D eigenvalue weighted by molar-refractivity contribution is -0.136. The quantitative estimate of drug-likeness (QED) is 0.756. The molecule has 0 bridgehead atoms. The Kier molecular flexibility index (Phi) is 4.75. The number of carbonyl (C=O) groups is 1. The molecule has 0 aromatic heterocycles. The molecule has 1 saturated carbocycles. The van der Waals surface area contributed by atoms with Crippen LogP contribution in [0.15, 0.2) is 0 Å². The van der Waals surface area contributed by atoms with E-state index in [4.69, 9.17) is 5.11 Å². The molecule has 3 unspecified atom stereocenters. The molecule has 0 saturated heterocycles. The van der Waals surface area contributed by atoms with Crippen LogP contribution in [0.1, 0.15) is 39.0 Å². The van der Waals surface area contributed by atoms with Crippen LogP contribution in [0.3, 0.4) is 0 Å². The van der Waals surface area contributed by atoms with Crippen LogP contribution in [0, 0.1) is 0 Å². The van der Waals surface area contributed by atoms with E-state index in [0.29, 0.717) is 0 Å². The number of carboxylic acids is 1. The summed E-state index contributed by atoms with van der Waals surface area (Å²) in [7, 11) is 0. The van der Waals surface area contributed by atoms with Crippen LogP contribution in [-0.4, -0.2) is 32.8 Å². The lowest BCUT2D eigenvalue weighted by Crippen LogP contribution is -2.28. The molecule has 4 heteroatoms. The van der Waals surface area contributed by atoms with Gasteiger partial charge in [0.25, 0.3) is 0 Å². The van der Waals surface area contributed by atoms with Crippen LogP contribution in [0.5, 0.6) is 0 Å². The molecule has 0 spiro atoms. The molecule has 0 radical (unpaired) electrons. The Morgan fingerprint density at radius 1 is 1.50 bits per heavy atom. The fourth-order valence-corrected chi connectivity index (χ4v) is 3.28. The van der Waals surface area contributed by atoms with Crippen molar-refractivity contribution in [1.82, 2.24) is 0 Å². The summed E-state index contributed by atoms with van der Waals surface area (Å²) in [5.74, 6) is -0.754. The van der Waals surface area contributed by atoms with Gasteiger partial charge in [0.15, 0.2) is 0 Å². The van der Waals surface area contributed by atoms with Crippen molar-refractivity contribution >= 4 is 17.7 Å². The van der Waals surface area contributed by atoms with Gasteiger partial charge in [0.05, 0.1) is 12.5 Å². The summed E-state index contributed by atoms with van der Waals surface area (Å²) in [4.78, 5) is 10.5. The van der Waals surface area contributed by atoms with Gasteiger partial charge in [0.2, 0.25) is 0 Å². The minimum atomic E-state index is -0.754. The minimum absolute atomic E-state index is 0.102. The van der Waals surface area contributed by atoms with E-state index in [2.05, 4.69) is 0 Å². The Balaban J connectivity index is 2.30. The number of hydrogen-bond acceptors (Lipinski definition) is 3. The SMILES string of the molecule is CC(CC(=O)O)SC1CCCCC1O. The number of carboxylic acid groups (broad SMARTS) is 1. The number of hydrogen-bond donors (Lipinski definition) is 2. The minimum Gasteiger partial charge on any atom is -0.481 e. The molecule has 1 fully saturated rings. The lowest BCUT2D eigenvalue weighted by Gasteiger charge is -2.28. The zero-order valence-electron chi connectivity index (χ0n) is 8.48. The third-order valence-electron chi connectivity index (χ3n) is 2.54. The van der Waals surface area contributed by atoms with Gasteiger partial charge >= 0.3 is 5.97 Å². The monoisotopic (exact) mass is 218 g/mol. The molecule has 1 aliphatic rings. The van der Waals surface area contributed by atoms with Crippen molar-refractivity contribution in [3.05, 3.63) is 0 Å². The first-order valence-electron chi connectivity index (χ1n) is 5.15. The highest BCUT2D eigenvalue weighted by Gasteiger charge is 2.25. The summed E-state index contributed by atoms with van der Waals surface area (Å²) in [6.07, 6.45) is 4.12. The fourth-order valence-electron chi connectivity index (χ4n) is 1.83. The highest BCUT2D eigenvalue weighted by molar-refractivity contribution is 8.00. The van der Waals surface area contributed by atoms with Crippen molar-refractivity contribution in [2.24, 2.45) is 0 Å². The molecule has 1 aliphatic carbocycles. The van der Waals surface area contributed by atoms with Crippen molar-refractivity contribution in [3.8, 4) is 0 Å². The normalized spacial score (nSPS) is 29.9. The van der Waals surface area contributed by atoms with Gasteiger partial charge in [0, 0.05) is 10.5 Å². The van der Waals surface area contributed by atoms with Gasteiger partial charge in [-0.15, -0.1) is 0 Å². The van der Waals surface area contributed by atoms with Crippen molar-refractivity contribution in [2.45, 2.75) is 55.6 Å². The van der Waals surface area contributed by atoms with Gasteiger partial charge in [-0.2, -0.15) is 11.8 Å². The summed E-state index contributed by atoms with van der Waals surface area (Å²) in [5.41, 5.74) is 0. The van der Waals surface area contributed by atoms with Crippen molar-refractivity contribution in [3.63, 3.8) is 0 Å². The van der Waals surface area contributed by atoms with Crippen LogP contribution in [0.25, 0.3) is 0 Å². The van der Waals surface area contributed by atoms with E-state index in [1.807, 2.05) is 6.92 Å². The van der Waals surface area contributed by atoms with Crippen molar-refractivity contribution in [1.29, 1.82) is 0 Å². The molecule has 14 heavy (non-hydrogen) atoms. The fraction of sp³-hybridized carbons (Fsp3) is 0.900. The van der Waals surface area contributed by atoms with Crippen LogP contribution >= 0.6 is 11.8 Å². The summed E-state index contributed by atoms with van der Waals surface area (Å²) >= 11 is 1.63. The van der Waals surface area contributed by atoms with Gasteiger partial charge < -0.3 is 10.2 Å². The standard InChI is InChI=1S/C10H18O3S/c1-7(6-10(12)13)14-9-5-3-2-4-8(9)11/h7-9,11H,2-6H2,1H3,(H,12,13). The topological polar surface area (TPSA) is 57.5 Å². The molecule has 3 atom stereocenters. The van der Waals surface area contributed by atoms with Gasteiger partial charge in [-0.3, -0.25) is 4.79 Å². The predicted octanol–water partition coefficient (Wildman–Crippen LogP) is 1.89. The second-order valence-corrected chi connectivity index (χ2v) is 5.62. The lowest BCUT2D eigenvalue weighted by atomic mass is 9.97. The summed E-state index contributed by atoms with van der Waals surface area (Å²) in [6.45, 7) is 1.92. The van der Waals surface area contributed by atoms with E-state index in [1.165, 1.54) is 0 Å². The second kappa shape index (κ2) is 5.61. The average Bonchev–Trinajstić information content (AvgIpc) is 2.07. The number of rotatable bonds is 4. The number of aliphatic carboxylic acids is 1. The molecule has 3 nitrogen and oxygen atoms in total. The molecular weight excluding hydrogens is 200 g/mol. The maximum absolute atomic E-state index is 10.5. The zero-order chi connectivity index (χ0) is 10.6. The summed E-state index contributed by atoms with van der Waals surface area (Å²) in [6, 6.07) is 0. The van der Waals surface area contributed by atoms with Crippen molar-refractivity contribution < 1.29 is 15.0 Å². The molecule has 1 rings (SSSR count). The number of aliphatic hydroxyl groups is 1. The molecule has 0 heterocycles. The first kappa shape index (κ1) is 11.9. The molecule has 0 aliphatic heterocycles. The van der Waals surface area contributed by atoms with Crippen LogP contribution in [0.2, 0.25) is 0 Å². The van der Waals surface area contributed by atoms with Crippen LogP contribution in [0.4, 0.5) is 0 Å². The van der Waals surface area contributed by atoms with E-state index in [-0.39, 0.29) is 23.0 Å². The highest BCUT2D eigenvalue weighted by Crippen LogP contribution is 2.32. The number of aliphatic hydroxyl groups excluding tert-OH is 1. The molecule has 0 aromatic rings. The Hall–Kier alpha value is -0.220. The third-order valence-corrected chi connectivity index (χ3v) is 4.07. The molecular formula is C10H18O3S. The predicted molar refractivity (Wildman–Crippen MR) is 57.6 cm³/mol. The van der Waals surface area contributed by atoms with E-state index in [0.717, 1.165) is 25.7 Å². The van der Waals surface area contributed by atoms with E-state index in [9.17, 15) is 9.90 Å². The van der Waals surface area contributed by atoms with Crippen LogP contribution in [-0.2, 0) is 4.79 Å². The summed E-state index contributed by atoms with van der Waals surface area (Å²) < 4.78 is 0. The molecule has 82 valence electrons. The Morgan fingerprint density at radius 3 is 2.71 bits per heavy atom. The van der Waals surface area contributed by atoms with E-state index >= 15 is 0 Å². The molecule has 0 amide bonds. The summed E-state index contributed by atoms with van der Waals surface area (Å²) in [5, 5.41) is 18.6. The van der Waals surface area contributed by atoms with Gasteiger partial charge in [-0.05, 0) is 12.8 Å². The van der Waals surface area contributed by atoms with Gasteiger partial charge in [-0.1, -0.05) is 19.8 Å². The Morgan fingerprint density at radius 2 is 2.14 bits per heavy atom. The van der Waals surface area contributed by atoms with Gasteiger partial charge in [-0.25, -0.2) is 0 Å². The second-order valence-electron chi connectivity index (χ2n) is 3.93. The zero-order valence-corrected chi connectivity index (χ0v) is 9.30. The Bertz CT molecular complexity index is 196. The number of thioether (sulfide) groups is 1. The molecule has 0 aromatic carbocycles. The largest absolute Gasteiger partial charge is 0.481 e. The first-order chi connectivity index (χ1) is 6.59. The maximum Gasteiger partial charge on any atom is 0.304 e. The maximum atomic E-state index is 10.5. The van der Waals surface area contributed by atoms with E-state index in [1.54, 1.807) is 11.8 Å². The van der Waals surface area contributed by atoms with E-state index < -0.39 is 5.97 Å². The van der Waals surface area contributed by atoms with Gasteiger partial charge in [0.1, 0.15) is 0 Å². The molecule has 2 N–H and O–H groups in total. The Labute approximate surface area is 88.9 Å².